The monoisotopic (exact) mass is 433 g/mol. The summed E-state index contributed by atoms with van der Waals surface area (Å²) in [6.07, 6.45) is 6.32. The van der Waals surface area contributed by atoms with Gasteiger partial charge < -0.3 is 10.6 Å². The molecule has 0 spiro atoms. The number of nitrogens with one attached hydrogen (secondary N) is 2. The smallest absolute Gasteiger partial charge is 0.256 e. The fourth-order valence-electron chi connectivity index (χ4n) is 3.80. The molecule has 2 amide bonds. The molecule has 0 saturated heterocycles. The van der Waals surface area contributed by atoms with Crippen LogP contribution in [-0.4, -0.2) is 16.8 Å². The van der Waals surface area contributed by atoms with Gasteiger partial charge in [0, 0.05) is 29.4 Å². The molecule has 3 aromatic rings. The molecule has 0 saturated carbocycles. The molecular weight excluding hydrogens is 406 g/mol. The van der Waals surface area contributed by atoms with E-state index in [9.17, 15) is 9.59 Å². The Labute approximate surface area is 186 Å². The Bertz CT molecular complexity index is 1100. The number of aromatic nitrogens is 1. The minimum atomic E-state index is -0.193. The number of aryl methyl sites for hydroxylation is 1. The SMILES string of the molecule is CC(C)(C)c1ccc(C(=O)Nc2sc3c(c2C(=O)NCc2cccnc2)CCC3)cc1. The van der Waals surface area contributed by atoms with Gasteiger partial charge >= 0.3 is 0 Å². The zero-order chi connectivity index (χ0) is 22.0. The number of anilines is 1. The van der Waals surface area contributed by atoms with E-state index >= 15 is 0 Å². The van der Waals surface area contributed by atoms with Gasteiger partial charge in [-0.1, -0.05) is 39.0 Å². The topological polar surface area (TPSA) is 71.1 Å². The Hall–Kier alpha value is -2.99. The Morgan fingerprint density at radius 3 is 2.52 bits per heavy atom. The molecule has 0 unspecified atom stereocenters. The molecule has 1 aromatic carbocycles. The molecular formula is C25H27N3O2S. The third-order valence-corrected chi connectivity index (χ3v) is 6.77. The van der Waals surface area contributed by atoms with Crippen LogP contribution in [0.1, 0.15) is 69.5 Å². The molecule has 2 N–H and O–H groups in total. The van der Waals surface area contributed by atoms with Crippen LogP contribution in [0.4, 0.5) is 5.00 Å². The summed E-state index contributed by atoms with van der Waals surface area (Å²) in [6, 6.07) is 11.4. The molecule has 2 heterocycles. The summed E-state index contributed by atoms with van der Waals surface area (Å²) >= 11 is 1.52. The van der Waals surface area contributed by atoms with Gasteiger partial charge in [-0.15, -0.1) is 11.3 Å². The van der Waals surface area contributed by atoms with Gasteiger partial charge in [0.1, 0.15) is 5.00 Å². The van der Waals surface area contributed by atoms with Crippen molar-refractivity contribution >= 4 is 28.2 Å². The minimum Gasteiger partial charge on any atom is -0.348 e. The van der Waals surface area contributed by atoms with E-state index in [1.165, 1.54) is 21.8 Å². The van der Waals surface area contributed by atoms with Crippen molar-refractivity contribution in [1.82, 2.24) is 10.3 Å². The Morgan fingerprint density at radius 2 is 1.84 bits per heavy atom. The van der Waals surface area contributed by atoms with Crippen LogP contribution in [-0.2, 0) is 24.8 Å². The highest BCUT2D eigenvalue weighted by atomic mass is 32.1. The van der Waals surface area contributed by atoms with Gasteiger partial charge in [0.25, 0.3) is 11.8 Å². The Balaban J connectivity index is 1.53. The molecule has 1 aliphatic carbocycles. The van der Waals surface area contributed by atoms with Crippen molar-refractivity contribution in [3.63, 3.8) is 0 Å². The number of carbonyl (C=O) groups excluding carboxylic acids is 2. The van der Waals surface area contributed by atoms with Gasteiger partial charge in [0.2, 0.25) is 0 Å². The highest BCUT2D eigenvalue weighted by Crippen LogP contribution is 2.39. The highest BCUT2D eigenvalue weighted by molar-refractivity contribution is 7.17. The number of pyridine rings is 1. The number of hydrogen-bond acceptors (Lipinski definition) is 4. The van der Waals surface area contributed by atoms with Crippen LogP contribution in [0.2, 0.25) is 0 Å². The average molecular weight is 434 g/mol. The van der Waals surface area contributed by atoms with Crippen LogP contribution in [0.5, 0.6) is 0 Å². The second-order valence-electron chi connectivity index (χ2n) is 8.89. The van der Waals surface area contributed by atoms with Crippen LogP contribution in [0, 0.1) is 0 Å². The van der Waals surface area contributed by atoms with E-state index in [0.29, 0.717) is 22.7 Å². The van der Waals surface area contributed by atoms with E-state index in [1.54, 1.807) is 12.4 Å². The fourth-order valence-corrected chi connectivity index (χ4v) is 5.08. The highest BCUT2D eigenvalue weighted by Gasteiger charge is 2.27. The van der Waals surface area contributed by atoms with Crippen LogP contribution in [0.3, 0.4) is 0 Å². The number of carbonyl (C=O) groups is 2. The lowest BCUT2D eigenvalue weighted by molar-refractivity contribution is 0.0951. The van der Waals surface area contributed by atoms with Crippen LogP contribution < -0.4 is 10.6 Å². The third-order valence-electron chi connectivity index (χ3n) is 5.56. The summed E-state index contributed by atoms with van der Waals surface area (Å²) in [7, 11) is 0. The van der Waals surface area contributed by atoms with Crippen molar-refractivity contribution < 1.29 is 9.59 Å². The van der Waals surface area contributed by atoms with Gasteiger partial charge in [0.05, 0.1) is 5.56 Å². The number of amides is 2. The molecule has 0 bridgehead atoms. The average Bonchev–Trinajstić information content (AvgIpc) is 3.33. The van der Waals surface area contributed by atoms with E-state index in [-0.39, 0.29) is 17.2 Å². The normalized spacial score (nSPS) is 13.0. The molecule has 4 rings (SSSR count). The second-order valence-corrected chi connectivity index (χ2v) is 9.99. The van der Waals surface area contributed by atoms with Gasteiger partial charge in [-0.05, 0) is 59.6 Å². The molecule has 1 aliphatic rings. The van der Waals surface area contributed by atoms with E-state index in [0.717, 1.165) is 30.4 Å². The molecule has 31 heavy (non-hydrogen) atoms. The standard InChI is InChI=1S/C25H27N3O2S/c1-25(2,3)18-11-9-17(10-12-18)22(29)28-24-21(19-7-4-8-20(19)31-24)23(30)27-15-16-6-5-13-26-14-16/h5-6,9-14H,4,7-8,15H2,1-3H3,(H,27,30)(H,28,29). The van der Waals surface area contributed by atoms with Gasteiger partial charge in [0.15, 0.2) is 0 Å². The van der Waals surface area contributed by atoms with Crippen molar-refractivity contribution in [3.8, 4) is 0 Å². The second kappa shape index (κ2) is 8.63. The van der Waals surface area contributed by atoms with Crippen LogP contribution in [0.15, 0.2) is 48.8 Å². The maximum atomic E-state index is 13.1. The Morgan fingerprint density at radius 1 is 1.06 bits per heavy atom. The number of benzene rings is 1. The summed E-state index contributed by atoms with van der Waals surface area (Å²) in [4.78, 5) is 31.3. The zero-order valence-corrected chi connectivity index (χ0v) is 18.9. The number of thiophene rings is 1. The Kier molecular flexibility index (Phi) is 5.92. The van der Waals surface area contributed by atoms with Gasteiger partial charge in [-0.25, -0.2) is 0 Å². The summed E-state index contributed by atoms with van der Waals surface area (Å²) in [5.74, 6) is -0.344. The molecule has 0 aliphatic heterocycles. The molecule has 0 atom stereocenters. The van der Waals surface area contributed by atoms with Crippen molar-refractivity contribution in [2.24, 2.45) is 0 Å². The molecule has 2 aromatic heterocycles. The third kappa shape index (κ3) is 4.69. The molecule has 6 heteroatoms. The maximum absolute atomic E-state index is 13.1. The van der Waals surface area contributed by atoms with Crippen LogP contribution in [0.25, 0.3) is 0 Å². The lowest BCUT2D eigenvalue weighted by atomic mass is 9.87. The lowest BCUT2D eigenvalue weighted by Crippen LogP contribution is -2.25. The lowest BCUT2D eigenvalue weighted by Gasteiger charge is -2.19. The molecule has 160 valence electrons. The largest absolute Gasteiger partial charge is 0.348 e. The predicted octanol–water partition coefficient (Wildman–Crippen LogP) is 5.11. The number of nitrogens with zero attached hydrogens (tertiary/aromatic N) is 1. The first-order valence-corrected chi connectivity index (χ1v) is 11.4. The van der Waals surface area contributed by atoms with Gasteiger partial charge in [-0.3, -0.25) is 14.6 Å². The predicted molar refractivity (Wildman–Crippen MR) is 125 cm³/mol. The minimum absolute atomic E-state index is 0.0308. The first kappa shape index (κ1) is 21.2. The van der Waals surface area contributed by atoms with Crippen molar-refractivity contribution in [2.45, 2.75) is 52.0 Å². The first-order chi connectivity index (χ1) is 14.8. The van der Waals surface area contributed by atoms with E-state index in [1.807, 2.05) is 36.4 Å². The van der Waals surface area contributed by atoms with E-state index < -0.39 is 0 Å². The summed E-state index contributed by atoms with van der Waals surface area (Å²) in [5.41, 5.74) is 4.42. The quantitative estimate of drug-likeness (QED) is 0.587. The molecule has 0 radical (unpaired) electrons. The fraction of sp³-hybridized carbons (Fsp3) is 0.320. The number of rotatable bonds is 5. The van der Waals surface area contributed by atoms with Crippen molar-refractivity contribution in [3.05, 3.63) is 81.5 Å². The maximum Gasteiger partial charge on any atom is 0.256 e. The van der Waals surface area contributed by atoms with E-state index in [4.69, 9.17) is 0 Å². The zero-order valence-electron chi connectivity index (χ0n) is 18.1. The van der Waals surface area contributed by atoms with Crippen molar-refractivity contribution in [2.75, 3.05) is 5.32 Å². The summed E-state index contributed by atoms with van der Waals surface area (Å²) < 4.78 is 0. The molecule has 5 nitrogen and oxygen atoms in total. The molecule has 0 fully saturated rings. The summed E-state index contributed by atoms with van der Waals surface area (Å²) in [6.45, 7) is 6.84. The number of hydrogen-bond donors (Lipinski definition) is 2. The van der Waals surface area contributed by atoms with E-state index in [2.05, 4.69) is 36.4 Å². The van der Waals surface area contributed by atoms with Gasteiger partial charge in [-0.2, -0.15) is 0 Å². The number of fused-ring (bicyclic) bond motifs is 1. The first-order valence-electron chi connectivity index (χ1n) is 10.6. The van der Waals surface area contributed by atoms with Crippen molar-refractivity contribution in [1.29, 1.82) is 0 Å². The summed E-state index contributed by atoms with van der Waals surface area (Å²) in [5, 5.41) is 6.62. The van der Waals surface area contributed by atoms with Crippen LogP contribution >= 0.6 is 11.3 Å².